The molecule has 100 valence electrons. The summed E-state index contributed by atoms with van der Waals surface area (Å²) < 4.78 is 0. The molecule has 0 spiro atoms. The van der Waals surface area contributed by atoms with Crippen molar-refractivity contribution >= 4 is 5.69 Å². The van der Waals surface area contributed by atoms with Gasteiger partial charge in [0.2, 0.25) is 0 Å². The second-order valence-electron chi connectivity index (χ2n) is 5.41. The Morgan fingerprint density at radius 3 is 2.89 bits per heavy atom. The zero-order valence-corrected chi connectivity index (χ0v) is 11.5. The van der Waals surface area contributed by atoms with Gasteiger partial charge in [-0.3, -0.25) is 9.88 Å². The van der Waals surface area contributed by atoms with Crippen LogP contribution in [0.5, 0.6) is 0 Å². The van der Waals surface area contributed by atoms with Gasteiger partial charge in [-0.05, 0) is 43.9 Å². The number of nitrogens with two attached hydrogens (primary N) is 1. The van der Waals surface area contributed by atoms with Gasteiger partial charge in [-0.2, -0.15) is 0 Å². The largest absolute Gasteiger partial charge is 0.398 e. The topological polar surface area (TPSA) is 62.4 Å². The van der Waals surface area contributed by atoms with Gasteiger partial charge in [-0.15, -0.1) is 0 Å². The van der Waals surface area contributed by atoms with Gasteiger partial charge in [0.1, 0.15) is 0 Å². The Balaban J connectivity index is 2.17. The van der Waals surface area contributed by atoms with E-state index in [0.29, 0.717) is 5.92 Å². The molecule has 2 atom stereocenters. The fourth-order valence-corrected chi connectivity index (χ4v) is 2.72. The molecular formula is C14H23N3O. The van der Waals surface area contributed by atoms with Crippen LogP contribution < -0.4 is 5.73 Å². The molecule has 1 saturated heterocycles. The molecule has 0 aliphatic carbocycles. The highest BCUT2D eigenvalue weighted by Crippen LogP contribution is 2.27. The molecule has 4 nitrogen and oxygen atoms in total. The third-order valence-electron chi connectivity index (χ3n) is 4.21. The minimum Gasteiger partial charge on any atom is -0.398 e. The maximum Gasteiger partial charge on any atom is 0.0593 e. The monoisotopic (exact) mass is 249 g/mol. The summed E-state index contributed by atoms with van der Waals surface area (Å²) in [4.78, 5) is 6.81. The van der Waals surface area contributed by atoms with Crippen LogP contribution in [-0.2, 0) is 6.54 Å². The summed E-state index contributed by atoms with van der Waals surface area (Å²) in [5, 5.41) is 9.47. The number of anilines is 1. The van der Waals surface area contributed by atoms with Gasteiger partial charge in [0.25, 0.3) is 0 Å². The average Bonchev–Trinajstić information content (AvgIpc) is 2.70. The molecule has 2 rings (SSSR count). The van der Waals surface area contributed by atoms with E-state index in [-0.39, 0.29) is 12.6 Å². The molecule has 0 bridgehead atoms. The van der Waals surface area contributed by atoms with Crippen LogP contribution in [0.2, 0.25) is 0 Å². The quantitative estimate of drug-likeness (QED) is 0.852. The number of aliphatic hydroxyl groups excluding tert-OH is 1. The second-order valence-corrected chi connectivity index (χ2v) is 5.41. The molecule has 1 aromatic heterocycles. The van der Waals surface area contributed by atoms with Crippen molar-refractivity contribution in [2.45, 2.75) is 39.8 Å². The number of likely N-dealkylation sites (tertiary alicyclic amines) is 1. The zero-order valence-electron chi connectivity index (χ0n) is 11.5. The maximum atomic E-state index is 9.47. The molecular weight excluding hydrogens is 226 g/mol. The van der Waals surface area contributed by atoms with Crippen LogP contribution in [0.1, 0.15) is 30.2 Å². The summed E-state index contributed by atoms with van der Waals surface area (Å²) in [5.41, 5.74) is 10.0. The van der Waals surface area contributed by atoms with Gasteiger partial charge >= 0.3 is 0 Å². The Hall–Kier alpha value is -1.13. The zero-order chi connectivity index (χ0) is 13.3. The molecule has 3 N–H and O–H groups in total. The first kappa shape index (κ1) is 13.3. The number of hydrogen-bond donors (Lipinski definition) is 2. The van der Waals surface area contributed by atoms with Crippen LogP contribution >= 0.6 is 0 Å². The van der Waals surface area contributed by atoms with Crippen LogP contribution in [-0.4, -0.2) is 34.2 Å². The molecule has 0 aromatic carbocycles. The van der Waals surface area contributed by atoms with E-state index >= 15 is 0 Å². The summed E-state index contributed by atoms with van der Waals surface area (Å²) in [6.45, 7) is 8.24. The molecule has 1 aliphatic rings. The van der Waals surface area contributed by atoms with Crippen LogP contribution in [0.3, 0.4) is 0 Å². The lowest BCUT2D eigenvalue weighted by atomic mass is 10.0. The standard InChI is InChI=1S/C14H23N3O/c1-9-4-5-17(13(9)8-18)7-12-11(3)14(15)10(2)6-16-12/h6,9,13,18H,4-5,7-8H2,1-3H3,(H2,15,16). The number of hydrogen-bond acceptors (Lipinski definition) is 4. The van der Waals surface area contributed by atoms with E-state index in [0.717, 1.165) is 42.0 Å². The molecule has 0 amide bonds. The number of pyridine rings is 1. The van der Waals surface area contributed by atoms with E-state index in [1.165, 1.54) is 0 Å². The highest BCUT2D eigenvalue weighted by Gasteiger charge is 2.30. The number of aliphatic hydroxyl groups is 1. The fraction of sp³-hybridized carbons (Fsp3) is 0.643. The Morgan fingerprint density at radius 2 is 2.22 bits per heavy atom. The highest BCUT2D eigenvalue weighted by atomic mass is 16.3. The Morgan fingerprint density at radius 1 is 1.50 bits per heavy atom. The first-order valence-electron chi connectivity index (χ1n) is 6.60. The molecule has 1 aliphatic heterocycles. The van der Waals surface area contributed by atoms with Gasteiger partial charge in [-0.1, -0.05) is 6.92 Å². The predicted octanol–water partition coefficient (Wildman–Crippen LogP) is 1.48. The number of nitrogens with zero attached hydrogens (tertiary/aromatic N) is 2. The smallest absolute Gasteiger partial charge is 0.0593 e. The minimum atomic E-state index is 0.224. The van der Waals surface area contributed by atoms with Crippen molar-refractivity contribution in [3.8, 4) is 0 Å². The van der Waals surface area contributed by atoms with Crippen molar-refractivity contribution in [2.24, 2.45) is 5.92 Å². The van der Waals surface area contributed by atoms with E-state index in [4.69, 9.17) is 5.73 Å². The summed E-state index contributed by atoms with van der Waals surface area (Å²) in [5.74, 6) is 0.554. The van der Waals surface area contributed by atoms with Crippen LogP contribution in [0.4, 0.5) is 5.69 Å². The highest BCUT2D eigenvalue weighted by molar-refractivity contribution is 5.53. The van der Waals surface area contributed by atoms with Crippen molar-refractivity contribution in [3.05, 3.63) is 23.0 Å². The molecule has 0 radical (unpaired) electrons. The SMILES string of the molecule is Cc1cnc(CN2CCC(C)C2CO)c(C)c1N. The van der Waals surface area contributed by atoms with Crippen LogP contribution in [0, 0.1) is 19.8 Å². The predicted molar refractivity (Wildman–Crippen MR) is 73.2 cm³/mol. The van der Waals surface area contributed by atoms with E-state index in [1.54, 1.807) is 0 Å². The van der Waals surface area contributed by atoms with Gasteiger partial charge in [-0.25, -0.2) is 0 Å². The lowest BCUT2D eigenvalue weighted by Crippen LogP contribution is -2.35. The van der Waals surface area contributed by atoms with Crippen molar-refractivity contribution < 1.29 is 5.11 Å². The van der Waals surface area contributed by atoms with Crippen molar-refractivity contribution in [2.75, 3.05) is 18.9 Å². The summed E-state index contributed by atoms with van der Waals surface area (Å²) in [6.07, 6.45) is 2.98. The third kappa shape index (κ3) is 2.35. The Kier molecular flexibility index (Phi) is 3.88. The molecule has 1 fully saturated rings. The Bertz CT molecular complexity index is 433. The Labute approximate surface area is 109 Å². The summed E-state index contributed by atoms with van der Waals surface area (Å²) in [7, 11) is 0. The van der Waals surface area contributed by atoms with Crippen LogP contribution in [0.15, 0.2) is 6.20 Å². The van der Waals surface area contributed by atoms with Gasteiger partial charge in [0.15, 0.2) is 0 Å². The van der Waals surface area contributed by atoms with Crippen molar-refractivity contribution in [1.29, 1.82) is 0 Å². The minimum absolute atomic E-state index is 0.224. The number of aromatic nitrogens is 1. The molecule has 2 heterocycles. The van der Waals surface area contributed by atoms with E-state index < -0.39 is 0 Å². The lowest BCUT2D eigenvalue weighted by Gasteiger charge is -2.25. The van der Waals surface area contributed by atoms with Crippen molar-refractivity contribution in [1.82, 2.24) is 9.88 Å². The first-order chi connectivity index (χ1) is 8.54. The number of rotatable bonds is 3. The number of nitrogen functional groups attached to an aromatic ring is 1. The summed E-state index contributed by atoms with van der Waals surface area (Å²) in [6, 6.07) is 0.258. The van der Waals surface area contributed by atoms with Crippen LogP contribution in [0.25, 0.3) is 0 Å². The first-order valence-corrected chi connectivity index (χ1v) is 6.60. The van der Waals surface area contributed by atoms with E-state index in [9.17, 15) is 5.11 Å². The average molecular weight is 249 g/mol. The maximum absolute atomic E-state index is 9.47. The molecule has 0 saturated carbocycles. The van der Waals surface area contributed by atoms with E-state index in [1.807, 2.05) is 20.0 Å². The second kappa shape index (κ2) is 5.24. The van der Waals surface area contributed by atoms with E-state index in [2.05, 4.69) is 16.8 Å². The fourth-order valence-electron chi connectivity index (χ4n) is 2.72. The third-order valence-corrected chi connectivity index (χ3v) is 4.21. The molecule has 4 heteroatoms. The van der Waals surface area contributed by atoms with Gasteiger partial charge in [0, 0.05) is 24.5 Å². The number of aryl methyl sites for hydroxylation is 1. The molecule has 2 unspecified atom stereocenters. The van der Waals surface area contributed by atoms with Gasteiger partial charge < -0.3 is 10.8 Å². The van der Waals surface area contributed by atoms with Crippen molar-refractivity contribution in [3.63, 3.8) is 0 Å². The summed E-state index contributed by atoms with van der Waals surface area (Å²) >= 11 is 0. The lowest BCUT2D eigenvalue weighted by molar-refractivity contribution is 0.133. The van der Waals surface area contributed by atoms with Gasteiger partial charge in [0.05, 0.1) is 12.3 Å². The molecule has 18 heavy (non-hydrogen) atoms. The normalized spacial score (nSPS) is 24.7. The molecule has 1 aromatic rings.